The molecule has 0 radical (unpaired) electrons. The quantitative estimate of drug-likeness (QED) is 0.918. The maximum absolute atomic E-state index is 14.2. The Morgan fingerprint density at radius 1 is 1.16 bits per heavy atom. The fraction of sp³-hybridized carbons (Fsp3) is 0.133. The third kappa shape index (κ3) is 2.29. The van der Waals surface area contributed by atoms with Gasteiger partial charge in [-0.1, -0.05) is 24.3 Å². The Kier molecular flexibility index (Phi) is 3.51. The van der Waals surface area contributed by atoms with Crippen LogP contribution >= 0.6 is 0 Å². The summed E-state index contributed by atoms with van der Waals surface area (Å²) in [5, 5.41) is 9.09. The lowest BCUT2D eigenvalue weighted by atomic mass is 9.96. The van der Waals surface area contributed by atoms with Gasteiger partial charge in [0, 0.05) is 5.56 Å². The molecule has 0 bridgehead atoms. The number of methoxy groups -OCH3 is 1. The Morgan fingerprint density at radius 3 is 2.42 bits per heavy atom. The number of aromatic carboxylic acids is 1. The molecule has 19 heavy (non-hydrogen) atoms. The summed E-state index contributed by atoms with van der Waals surface area (Å²) in [7, 11) is 1.39. The first-order valence-electron chi connectivity index (χ1n) is 5.72. The molecule has 0 aliphatic heterocycles. The number of rotatable bonds is 3. The van der Waals surface area contributed by atoms with Crippen molar-refractivity contribution in [1.29, 1.82) is 0 Å². The lowest BCUT2D eigenvalue weighted by Gasteiger charge is -2.11. The van der Waals surface area contributed by atoms with Gasteiger partial charge < -0.3 is 9.84 Å². The van der Waals surface area contributed by atoms with Gasteiger partial charge in [0.25, 0.3) is 0 Å². The number of carbonyl (C=O) groups is 1. The summed E-state index contributed by atoms with van der Waals surface area (Å²) in [5.74, 6) is -1.38. The van der Waals surface area contributed by atoms with Crippen LogP contribution in [0.3, 0.4) is 0 Å². The van der Waals surface area contributed by atoms with Gasteiger partial charge in [-0.3, -0.25) is 0 Å². The van der Waals surface area contributed by atoms with E-state index in [9.17, 15) is 9.18 Å². The van der Waals surface area contributed by atoms with Crippen LogP contribution in [0.2, 0.25) is 0 Å². The van der Waals surface area contributed by atoms with Crippen molar-refractivity contribution >= 4 is 5.97 Å². The number of carboxylic acids is 1. The predicted molar refractivity (Wildman–Crippen MR) is 70.1 cm³/mol. The minimum atomic E-state index is -1.03. The summed E-state index contributed by atoms with van der Waals surface area (Å²) in [5.41, 5.74) is 1.58. The molecule has 0 aromatic heterocycles. The van der Waals surface area contributed by atoms with E-state index in [1.54, 1.807) is 31.2 Å². The maximum atomic E-state index is 14.2. The lowest BCUT2D eigenvalue weighted by Crippen LogP contribution is -2.01. The van der Waals surface area contributed by atoms with E-state index in [2.05, 4.69) is 0 Å². The van der Waals surface area contributed by atoms with E-state index in [1.807, 2.05) is 0 Å². The first kappa shape index (κ1) is 13.1. The van der Waals surface area contributed by atoms with E-state index in [-0.39, 0.29) is 11.3 Å². The average Bonchev–Trinajstić information content (AvgIpc) is 2.39. The number of benzene rings is 2. The summed E-state index contributed by atoms with van der Waals surface area (Å²) in [6.07, 6.45) is 0. The fourth-order valence-electron chi connectivity index (χ4n) is 2.04. The van der Waals surface area contributed by atoms with Crippen molar-refractivity contribution in [3.8, 4) is 16.9 Å². The molecule has 98 valence electrons. The van der Waals surface area contributed by atoms with Gasteiger partial charge in [-0.05, 0) is 30.2 Å². The Hall–Kier alpha value is -2.36. The molecule has 1 N–H and O–H groups in total. The van der Waals surface area contributed by atoms with Crippen LogP contribution in [0.15, 0.2) is 36.4 Å². The summed E-state index contributed by atoms with van der Waals surface area (Å²) in [6.45, 7) is 1.66. The van der Waals surface area contributed by atoms with Gasteiger partial charge in [0.15, 0.2) is 11.6 Å². The van der Waals surface area contributed by atoms with Crippen molar-refractivity contribution in [1.82, 2.24) is 0 Å². The highest BCUT2D eigenvalue weighted by molar-refractivity contribution is 5.92. The zero-order valence-electron chi connectivity index (χ0n) is 10.6. The van der Waals surface area contributed by atoms with Crippen LogP contribution in [-0.4, -0.2) is 18.2 Å². The Morgan fingerprint density at radius 2 is 1.79 bits per heavy atom. The van der Waals surface area contributed by atoms with E-state index in [0.717, 1.165) is 0 Å². The largest absolute Gasteiger partial charge is 0.494 e. The van der Waals surface area contributed by atoms with Crippen molar-refractivity contribution in [2.45, 2.75) is 6.92 Å². The van der Waals surface area contributed by atoms with E-state index in [4.69, 9.17) is 9.84 Å². The van der Waals surface area contributed by atoms with Gasteiger partial charge in [0.2, 0.25) is 0 Å². The maximum Gasteiger partial charge on any atom is 0.335 e. The molecule has 0 atom stereocenters. The predicted octanol–water partition coefficient (Wildman–Crippen LogP) is 3.51. The summed E-state index contributed by atoms with van der Waals surface area (Å²) in [6, 6.07) is 9.59. The third-order valence-corrected chi connectivity index (χ3v) is 3.04. The van der Waals surface area contributed by atoms with Crippen LogP contribution in [0.5, 0.6) is 5.75 Å². The minimum Gasteiger partial charge on any atom is -0.494 e. The molecule has 2 rings (SSSR count). The van der Waals surface area contributed by atoms with Crippen molar-refractivity contribution in [2.24, 2.45) is 0 Å². The molecule has 0 aliphatic rings. The van der Waals surface area contributed by atoms with Crippen molar-refractivity contribution in [3.63, 3.8) is 0 Å². The number of halogens is 1. The topological polar surface area (TPSA) is 46.5 Å². The van der Waals surface area contributed by atoms with Gasteiger partial charge in [-0.15, -0.1) is 0 Å². The zero-order chi connectivity index (χ0) is 14.0. The van der Waals surface area contributed by atoms with E-state index >= 15 is 0 Å². The van der Waals surface area contributed by atoms with Crippen molar-refractivity contribution < 1.29 is 19.0 Å². The molecule has 0 aliphatic carbocycles. The molecule has 0 unspecified atom stereocenters. The second-order valence-corrected chi connectivity index (χ2v) is 4.11. The molecule has 0 fully saturated rings. The monoisotopic (exact) mass is 260 g/mol. The number of hydrogen-bond acceptors (Lipinski definition) is 2. The average molecular weight is 260 g/mol. The smallest absolute Gasteiger partial charge is 0.335 e. The van der Waals surface area contributed by atoms with Crippen LogP contribution in [0.1, 0.15) is 15.9 Å². The van der Waals surface area contributed by atoms with Crippen molar-refractivity contribution in [2.75, 3.05) is 7.11 Å². The molecule has 2 aromatic carbocycles. The molecule has 0 amide bonds. The molecule has 4 heteroatoms. The molecule has 3 nitrogen and oxygen atoms in total. The SMILES string of the molecule is COc1cccc(-c2cccc(C(=O)O)c2C)c1F. The molecule has 0 heterocycles. The van der Waals surface area contributed by atoms with Crippen LogP contribution in [0, 0.1) is 12.7 Å². The van der Waals surface area contributed by atoms with Crippen LogP contribution in [0.25, 0.3) is 11.1 Å². The number of ether oxygens (including phenoxy) is 1. The summed E-state index contributed by atoms with van der Waals surface area (Å²) < 4.78 is 19.1. The van der Waals surface area contributed by atoms with Crippen molar-refractivity contribution in [3.05, 3.63) is 53.3 Å². The highest BCUT2D eigenvalue weighted by Crippen LogP contribution is 2.32. The summed E-state index contributed by atoms with van der Waals surface area (Å²) in [4.78, 5) is 11.1. The van der Waals surface area contributed by atoms with Crippen LogP contribution < -0.4 is 4.74 Å². The van der Waals surface area contributed by atoms with Crippen LogP contribution in [-0.2, 0) is 0 Å². The molecular weight excluding hydrogens is 247 g/mol. The molecule has 2 aromatic rings. The van der Waals surface area contributed by atoms with Gasteiger partial charge >= 0.3 is 5.97 Å². The van der Waals surface area contributed by atoms with Gasteiger partial charge in [-0.25, -0.2) is 9.18 Å². The first-order valence-corrected chi connectivity index (χ1v) is 5.72. The van der Waals surface area contributed by atoms with Crippen LogP contribution in [0.4, 0.5) is 4.39 Å². The molecule has 0 spiro atoms. The second kappa shape index (κ2) is 5.10. The Labute approximate surface area is 110 Å². The third-order valence-electron chi connectivity index (χ3n) is 3.04. The Balaban J connectivity index is 2.66. The molecular formula is C15H13FO3. The van der Waals surface area contributed by atoms with Gasteiger partial charge in [0.1, 0.15) is 0 Å². The standard InChI is InChI=1S/C15H13FO3/c1-9-10(5-3-6-11(9)15(17)18)12-7-4-8-13(19-2)14(12)16/h3-8H,1-2H3,(H,17,18). The van der Waals surface area contributed by atoms with E-state index in [0.29, 0.717) is 16.7 Å². The summed E-state index contributed by atoms with van der Waals surface area (Å²) >= 11 is 0. The van der Waals surface area contributed by atoms with Gasteiger partial charge in [-0.2, -0.15) is 0 Å². The molecule has 0 saturated carbocycles. The first-order chi connectivity index (χ1) is 9.06. The Bertz CT molecular complexity index is 635. The lowest BCUT2D eigenvalue weighted by molar-refractivity contribution is 0.0696. The molecule has 0 saturated heterocycles. The van der Waals surface area contributed by atoms with E-state index < -0.39 is 11.8 Å². The fourth-order valence-corrected chi connectivity index (χ4v) is 2.04. The van der Waals surface area contributed by atoms with E-state index in [1.165, 1.54) is 19.2 Å². The highest BCUT2D eigenvalue weighted by atomic mass is 19.1. The number of carboxylic acid groups (broad SMARTS) is 1. The zero-order valence-corrected chi connectivity index (χ0v) is 10.6. The number of hydrogen-bond donors (Lipinski definition) is 1. The highest BCUT2D eigenvalue weighted by Gasteiger charge is 2.15. The minimum absolute atomic E-state index is 0.137. The second-order valence-electron chi connectivity index (χ2n) is 4.11. The normalized spacial score (nSPS) is 10.3. The van der Waals surface area contributed by atoms with Gasteiger partial charge in [0.05, 0.1) is 12.7 Å².